The summed E-state index contributed by atoms with van der Waals surface area (Å²) in [5.41, 5.74) is 7.57. The fourth-order valence-corrected chi connectivity index (χ4v) is 1.01. The molecule has 0 aromatic carbocycles. The molecular formula is C8H16N4. The van der Waals surface area contributed by atoms with E-state index in [0.717, 1.165) is 30.9 Å². The molecule has 0 aliphatic rings. The summed E-state index contributed by atoms with van der Waals surface area (Å²) in [6.45, 7) is 4.44. The van der Waals surface area contributed by atoms with Crippen molar-refractivity contribution < 1.29 is 0 Å². The Bertz CT molecular complexity index is 219. The lowest BCUT2D eigenvalue weighted by Crippen LogP contribution is -2.21. The maximum atomic E-state index is 5.34. The highest BCUT2D eigenvalue weighted by Gasteiger charge is 1.96. The van der Waals surface area contributed by atoms with E-state index in [2.05, 4.69) is 28.5 Å². The van der Waals surface area contributed by atoms with E-state index in [1.165, 1.54) is 0 Å². The number of nitrogens with zero attached hydrogens (tertiary/aromatic N) is 1. The van der Waals surface area contributed by atoms with Crippen LogP contribution >= 0.6 is 0 Å². The van der Waals surface area contributed by atoms with Crippen molar-refractivity contribution in [1.82, 2.24) is 15.5 Å². The summed E-state index contributed by atoms with van der Waals surface area (Å²) in [4.78, 5) is 0. The van der Waals surface area contributed by atoms with E-state index in [4.69, 9.17) is 5.73 Å². The Morgan fingerprint density at radius 1 is 1.67 bits per heavy atom. The third-order valence-electron chi connectivity index (χ3n) is 1.68. The van der Waals surface area contributed by atoms with Gasteiger partial charge in [0.2, 0.25) is 0 Å². The third kappa shape index (κ3) is 2.64. The van der Waals surface area contributed by atoms with Crippen LogP contribution in [0, 0.1) is 0 Å². The second kappa shape index (κ2) is 4.90. The Morgan fingerprint density at radius 2 is 2.50 bits per heavy atom. The van der Waals surface area contributed by atoms with Gasteiger partial charge in [-0.15, -0.1) is 0 Å². The summed E-state index contributed by atoms with van der Waals surface area (Å²) in [6, 6.07) is 2.07. The smallest absolute Gasteiger partial charge is 0.0622 e. The van der Waals surface area contributed by atoms with Crippen LogP contribution in [0.1, 0.15) is 18.3 Å². The lowest BCUT2D eigenvalue weighted by Gasteiger charge is -1.97. The number of rotatable bonds is 5. The molecule has 1 heterocycles. The van der Waals surface area contributed by atoms with Crippen molar-refractivity contribution in [3.63, 3.8) is 0 Å². The molecule has 1 rings (SSSR count). The van der Waals surface area contributed by atoms with Crippen LogP contribution in [0.5, 0.6) is 0 Å². The average molecular weight is 168 g/mol. The molecule has 0 saturated carbocycles. The number of nitrogens with two attached hydrogens (primary N) is 1. The molecule has 0 saturated heterocycles. The van der Waals surface area contributed by atoms with Crippen LogP contribution in [0.15, 0.2) is 6.07 Å². The fourth-order valence-electron chi connectivity index (χ4n) is 1.01. The molecule has 12 heavy (non-hydrogen) atoms. The Labute approximate surface area is 72.5 Å². The molecule has 4 nitrogen and oxygen atoms in total. The lowest BCUT2D eigenvalue weighted by atomic mass is 10.3. The van der Waals surface area contributed by atoms with E-state index < -0.39 is 0 Å². The molecule has 1 aromatic heterocycles. The summed E-state index contributed by atoms with van der Waals surface area (Å²) in [6.07, 6.45) is 0.980. The van der Waals surface area contributed by atoms with E-state index in [-0.39, 0.29) is 0 Å². The first kappa shape index (κ1) is 9.22. The zero-order valence-electron chi connectivity index (χ0n) is 7.43. The molecule has 0 spiro atoms. The average Bonchev–Trinajstić information content (AvgIpc) is 2.53. The molecule has 0 fully saturated rings. The predicted octanol–water partition coefficient (Wildman–Crippen LogP) is 0.0204. The number of aromatic amines is 1. The highest BCUT2D eigenvalue weighted by Crippen LogP contribution is 1.98. The largest absolute Gasteiger partial charge is 0.329 e. The molecule has 0 bridgehead atoms. The van der Waals surface area contributed by atoms with Gasteiger partial charge in [0.1, 0.15) is 0 Å². The van der Waals surface area contributed by atoms with E-state index in [9.17, 15) is 0 Å². The number of hydrogen-bond donors (Lipinski definition) is 3. The second-order valence-corrected chi connectivity index (χ2v) is 2.70. The van der Waals surface area contributed by atoms with Crippen molar-refractivity contribution in [3.05, 3.63) is 17.5 Å². The molecule has 0 atom stereocenters. The Morgan fingerprint density at radius 3 is 3.08 bits per heavy atom. The van der Waals surface area contributed by atoms with Crippen LogP contribution < -0.4 is 11.1 Å². The van der Waals surface area contributed by atoms with Gasteiger partial charge >= 0.3 is 0 Å². The summed E-state index contributed by atoms with van der Waals surface area (Å²) >= 11 is 0. The van der Waals surface area contributed by atoms with Crippen LogP contribution in [0.25, 0.3) is 0 Å². The van der Waals surface area contributed by atoms with Gasteiger partial charge < -0.3 is 11.1 Å². The molecule has 0 radical (unpaired) electrons. The molecule has 68 valence electrons. The Kier molecular flexibility index (Phi) is 3.76. The maximum Gasteiger partial charge on any atom is 0.0622 e. The van der Waals surface area contributed by atoms with Gasteiger partial charge in [0, 0.05) is 25.3 Å². The summed E-state index contributed by atoms with van der Waals surface area (Å²) < 4.78 is 0. The summed E-state index contributed by atoms with van der Waals surface area (Å²) in [7, 11) is 0. The first-order valence-corrected chi connectivity index (χ1v) is 4.30. The molecule has 0 aliphatic heterocycles. The predicted molar refractivity (Wildman–Crippen MR) is 48.7 cm³/mol. The molecule has 0 aliphatic carbocycles. The fraction of sp³-hybridized carbons (Fsp3) is 0.625. The minimum absolute atomic E-state index is 0.675. The van der Waals surface area contributed by atoms with Crippen LogP contribution in [0.2, 0.25) is 0 Å². The van der Waals surface area contributed by atoms with Gasteiger partial charge in [-0.2, -0.15) is 5.10 Å². The van der Waals surface area contributed by atoms with Gasteiger partial charge in [-0.05, 0) is 12.5 Å². The van der Waals surface area contributed by atoms with Crippen molar-refractivity contribution in [2.75, 3.05) is 13.1 Å². The van der Waals surface area contributed by atoms with E-state index in [0.29, 0.717) is 6.54 Å². The van der Waals surface area contributed by atoms with Gasteiger partial charge in [-0.25, -0.2) is 0 Å². The van der Waals surface area contributed by atoms with Crippen molar-refractivity contribution in [3.8, 4) is 0 Å². The van der Waals surface area contributed by atoms with Gasteiger partial charge in [0.25, 0.3) is 0 Å². The standard InChI is InChI=1S/C8H16N4/c1-2-7-5-8(12-11-7)6-10-4-3-9/h5,10H,2-4,6,9H2,1H3,(H,11,12). The Hall–Kier alpha value is -0.870. The summed E-state index contributed by atoms with van der Waals surface area (Å²) in [5.74, 6) is 0. The molecule has 4 heteroatoms. The van der Waals surface area contributed by atoms with Crippen molar-refractivity contribution in [1.29, 1.82) is 0 Å². The normalized spacial score (nSPS) is 10.5. The minimum Gasteiger partial charge on any atom is -0.329 e. The van der Waals surface area contributed by atoms with Gasteiger partial charge in [-0.3, -0.25) is 5.10 Å². The molecule has 0 amide bonds. The molecule has 4 N–H and O–H groups in total. The topological polar surface area (TPSA) is 66.7 Å². The Balaban J connectivity index is 2.31. The zero-order chi connectivity index (χ0) is 8.81. The SMILES string of the molecule is CCc1cc(CNCCN)[nH]n1. The minimum atomic E-state index is 0.675. The molecule has 1 aromatic rings. The van der Waals surface area contributed by atoms with Gasteiger partial charge in [0.05, 0.1) is 5.69 Å². The third-order valence-corrected chi connectivity index (χ3v) is 1.68. The summed E-state index contributed by atoms with van der Waals surface area (Å²) in [5, 5.41) is 10.3. The van der Waals surface area contributed by atoms with Gasteiger partial charge in [0.15, 0.2) is 0 Å². The van der Waals surface area contributed by atoms with Crippen molar-refractivity contribution >= 4 is 0 Å². The van der Waals surface area contributed by atoms with Crippen LogP contribution in [0.3, 0.4) is 0 Å². The number of nitrogens with one attached hydrogen (secondary N) is 2. The highest BCUT2D eigenvalue weighted by molar-refractivity contribution is 5.07. The first-order valence-electron chi connectivity index (χ1n) is 4.30. The van der Waals surface area contributed by atoms with Crippen LogP contribution in [-0.4, -0.2) is 23.3 Å². The number of aryl methyl sites for hydroxylation is 1. The van der Waals surface area contributed by atoms with Crippen molar-refractivity contribution in [2.24, 2.45) is 5.73 Å². The highest BCUT2D eigenvalue weighted by atomic mass is 15.1. The van der Waals surface area contributed by atoms with E-state index >= 15 is 0 Å². The lowest BCUT2D eigenvalue weighted by molar-refractivity contribution is 0.680. The quantitative estimate of drug-likeness (QED) is 0.543. The second-order valence-electron chi connectivity index (χ2n) is 2.70. The molecule has 0 unspecified atom stereocenters. The van der Waals surface area contributed by atoms with Gasteiger partial charge in [-0.1, -0.05) is 6.92 Å². The maximum absolute atomic E-state index is 5.34. The monoisotopic (exact) mass is 168 g/mol. The number of hydrogen-bond acceptors (Lipinski definition) is 3. The number of H-pyrrole nitrogens is 1. The molecular weight excluding hydrogens is 152 g/mol. The number of aromatic nitrogens is 2. The zero-order valence-corrected chi connectivity index (χ0v) is 7.43. The first-order chi connectivity index (χ1) is 5.86. The van der Waals surface area contributed by atoms with Crippen LogP contribution in [-0.2, 0) is 13.0 Å². The van der Waals surface area contributed by atoms with Crippen LogP contribution in [0.4, 0.5) is 0 Å². The van der Waals surface area contributed by atoms with E-state index in [1.807, 2.05) is 0 Å². The van der Waals surface area contributed by atoms with Crippen molar-refractivity contribution in [2.45, 2.75) is 19.9 Å². The van der Waals surface area contributed by atoms with E-state index in [1.54, 1.807) is 0 Å².